The molecule has 2 aromatic rings. The monoisotopic (exact) mass is 318 g/mol. The van der Waals surface area contributed by atoms with Crippen LogP contribution < -0.4 is 0 Å². The Bertz CT molecular complexity index is 657. The van der Waals surface area contributed by atoms with E-state index in [1.807, 2.05) is 18.5 Å². The molecule has 0 saturated carbocycles. The molecule has 23 heavy (non-hydrogen) atoms. The van der Waals surface area contributed by atoms with E-state index in [-0.39, 0.29) is 12.1 Å². The quantitative estimate of drug-likeness (QED) is 0.912. The number of ether oxygens (including phenoxy) is 1. The van der Waals surface area contributed by atoms with Crippen molar-refractivity contribution in [1.82, 2.24) is 29.9 Å². The lowest BCUT2D eigenvalue weighted by Crippen LogP contribution is -2.27. The Hall–Kier alpha value is -1.73. The molecule has 1 N–H and O–H groups in total. The highest BCUT2D eigenvalue weighted by atomic mass is 16.5. The highest BCUT2D eigenvalue weighted by molar-refractivity contribution is 5.16. The van der Waals surface area contributed by atoms with Gasteiger partial charge < -0.3 is 9.72 Å². The van der Waals surface area contributed by atoms with Gasteiger partial charge in [-0.25, -0.2) is 9.67 Å². The topological polar surface area (TPSA) is 71.9 Å². The lowest BCUT2D eigenvalue weighted by Gasteiger charge is -2.23. The van der Waals surface area contributed by atoms with E-state index in [4.69, 9.17) is 9.72 Å². The summed E-state index contributed by atoms with van der Waals surface area (Å²) in [5, 5.41) is 8.43. The molecule has 7 heteroatoms. The molecule has 7 nitrogen and oxygen atoms in total. The summed E-state index contributed by atoms with van der Waals surface area (Å²) in [7, 11) is 1.78. The number of aryl methyl sites for hydroxylation is 4. The fourth-order valence-corrected chi connectivity index (χ4v) is 3.29. The lowest BCUT2D eigenvalue weighted by atomic mass is 10.2. The molecule has 1 fully saturated rings. The Morgan fingerprint density at radius 1 is 1.26 bits per heavy atom. The van der Waals surface area contributed by atoms with E-state index in [9.17, 15) is 0 Å². The van der Waals surface area contributed by atoms with Crippen LogP contribution in [0.5, 0.6) is 0 Å². The lowest BCUT2D eigenvalue weighted by molar-refractivity contribution is 0.107. The van der Waals surface area contributed by atoms with E-state index in [1.54, 1.807) is 7.11 Å². The highest BCUT2D eigenvalue weighted by Gasteiger charge is 2.36. The van der Waals surface area contributed by atoms with Crippen LogP contribution in [0.3, 0.4) is 0 Å². The second kappa shape index (κ2) is 6.41. The minimum absolute atomic E-state index is 0.233. The molecule has 1 saturated heterocycles. The Balaban J connectivity index is 1.87. The van der Waals surface area contributed by atoms with Gasteiger partial charge in [-0.15, -0.1) is 5.10 Å². The van der Waals surface area contributed by atoms with Crippen molar-refractivity contribution in [3.63, 3.8) is 0 Å². The number of aromatic nitrogens is 5. The van der Waals surface area contributed by atoms with Crippen LogP contribution in [0.2, 0.25) is 0 Å². The van der Waals surface area contributed by atoms with E-state index in [2.05, 4.69) is 34.0 Å². The third kappa shape index (κ3) is 3.03. The minimum Gasteiger partial charge on any atom is -0.380 e. The van der Waals surface area contributed by atoms with Gasteiger partial charge in [0.2, 0.25) is 0 Å². The van der Waals surface area contributed by atoms with E-state index in [0.717, 1.165) is 49.0 Å². The number of rotatable bonds is 5. The first-order valence-electron chi connectivity index (χ1n) is 8.22. The summed E-state index contributed by atoms with van der Waals surface area (Å²) in [6.45, 7) is 10.8. The first-order chi connectivity index (χ1) is 11.0. The maximum Gasteiger partial charge on any atom is 0.124 e. The van der Waals surface area contributed by atoms with Crippen LogP contribution in [0.4, 0.5) is 0 Å². The van der Waals surface area contributed by atoms with Crippen LogP contribution in [0, 0.1) is 20.8 Å². The zero-order valence-electron chi connectivity index (χ0n) is 14.6. The van der Waals surface area contributed by atoms with Gasteiger partial charge in [0.05, 0.1) is 29.2 Å². The van der Waals surface area contributed by atoms with Gasteiger partial charge in [-0.2, -0.15) is 0 Å². The minimum atomic E-state index is 0.233. The molecule has 0 bridgehead atoms. The average Bonchev–Trinajstić information content (AvgIpc) is 3.19. The van der Waals surface area contributed by atoms with Crippen molar-refractivity contribution >= 4 is 0 Å². The summed E-state index contributed by atoms with van der Waals surface area (Å²) in [5.41, 5.74) is 4.38. The van der Waals surface area contributed by atoms with Crippen molar-refractivity contribution in [3.8, 4) is 0 Å². The molecule has 0 unspecified atom stereocenters. The van der Waals surface area contributed by atoms with Gasteiger partial charge in [0.1, 0.15) is 5.82 Å². The second-order valence-corrected chi connectivity index (χ2v) is 6.31. The first-order valence-corrected chi connectivity index (χ1v) is 8.22. The van der Waals surface area contributed by atoms with Crippen LogP contribution in [0.1, 0.15) is 48.0 Å². The summed E-state index contributed by atoms with van der Waals surface area (Å²) in [6.07, 6.45) is 1.19. The number of H-pyrrole nitrogens is 1. The van der Waals surface area contributed by atoms with E-state index in [0.29, 0.717) is 0 Å². The van der Waals surface area contributed by atoms with Crippen molar-refractivity contribution in [3.05, 3.63) is 28.6 Å². The molecule has 2 atom stereocenters. The predicted octanol–water partition coefficient (Wildman–Crippen LogP) is 1.91. The maximum absolute atomic E-state index is 5.61. The van der Waals surface area contributed by atoms with Gasteiger partial charge >= 0.3 is 0 Å². The number of nitrogens with zero attached hydrogens (tertiary/aromatic N) is 5. The van der Waals surface area contributed by atoms with Crippen molar-refractivity contribution in [2.45, 2.75) is 59.4 Å². The molecule has 1 aliphatic rings. The number of nitrogens with one attached hydrogen (secondary N) is 1. The first kappa shape index (κ1) is 16.1. The fourth-order valence-electron chi connectivity index (χ4n) is 3.29. The van der Waals surface area contributed by atoms with Crippen LogP contribution in [0.15, 0.2) is 0 Å². The molecular weight excluding hydrogens is 292 g/mol. The largest absolute Gasteiger partial charge is 0.380 e. The number of imidazole rings is 1. The average molecular weight is 318 g/mol. The number of aromatic amines is 1. The van der Waals surface area contributed by atoms with Gasteiger partial charge in [0.25, 0.3) is 0 Å². The second-order valence-electron chi connectivity index (χ2n) is 6.31. The van der Waals surface area contributed by atoms with Gasteiger partial charge in [-0.05, 0) is 34.1 Å². The summed E-state index contributed by atoms with van der Waals surface area (Å²) in [5.74, 6) is 1.03. The summed E-state index contributed by atoms with van der Waals surface area (Å²) >= 11 is 0. The normalized spacial score (nSPS) is 22.1. The van der Waals surface area contributed by atoms with Crippen LogP contribution >= 0.6 is 0 Å². The van der Waals surface area contributed by atoms with Crippen LogP contribution in [-0.4, -0.2) is 49.6 Å². The Morgan fingerprint density at radius 3 is 2.65 bits per heavy atom. The van der Waals surface area contributed by atoms with Gasteiger partial charge in [0, 0.05) is 32.4 Å². The molecule has 0 aliphatic carbocycles. The molecule has 3 heterocycles. The van der Waals surface area contributed by atoms with Crippen molar-refractivity contribution < 1.29 is 4.74 Å². The predicted molar refractivity (Wildman–Crippen MR) is 87.1 cm³/mol. The molecule has 1 aliphatic heterocycles. The molecule has 0 radical (unpaired) electrons. The molecule has 0 spiro atoms. The number of hydrogen-bond donors (Lipinski definition) is 1. The number of likely N-dealkylation sites (tertiary alicyclic amines) is 1. The molecule has 0 aromatic carbocycles. The molecular formula is C16H26N6O. The molecule has 0 amide bonds. The third-order valence-electron chi connectivity index (χ3n) is 4.84. The summed E-state index contributed by atoms with van der Waals surface area (Å²) in [6, 6.07) is 0.243. The van der Waals surface area contributed by atoms with Gasteiger partial charge in [0.15, 0.2) is 0 Å². The zero-order valence-corrected chi connectivity index (χ0v) is 14.6. The SMILES string of the molecule is CCn1nnc(C)c1CN1C[C@H](OC)C[C@H]1c1nc(C)c(C)[nH]1. The Kier molecular flexibility index (Phi) is 4.50. The smallest absolute Gasteiger partial charge is 0.124 e. The molecule has 3 rings (SSSR count). The van der Waals surface area contributed by atoms with Crippen LogP contribution in [-0.2, 0) is 17.8 Å². The third-order valence-corrected chi connectivity index (χ3v) is 4.84. The van der Waals surface area contributed by atoms with Gasteiger partial charge in [-0.3, -0.25) is 4.90 Å². The summed E-state index contributed by atoms with van der Waals surface area (Å²) < 4.78 is 7.59. The van der Waals surface area contributed by atoms with E-state index in [1.165, 1.54) is 5.69 Å². The Morgan fingerprint density at radius 2 is 2.04 bits per heavy atom. The maximum atomic E-state index is 5.61. The van der Waals surface area contributed by atoms with Gasteiger partial charge in [-0.1, -0.05) is 5.21 Å². The molecule has 2 aromatic heterocycles. The van der Waals surface area contributed by atoms with E-state index < -0.39 is 0 Å². The van der Waals surface area contributed by atoms with E-state index >= 15 is 0 Å². The van der Waals surface area contributed by atoms with Crippen LogP contribution in [0.25, 0.3) is 0 Å². The molecule has 126 valence electrons. The Labute approximate surface area is 137 Å². The number of hydrogen-bond acceptors (Lipinski definition) is 5. The summed E-state index contributed by atoms with van der Waals surface area (Å²) in [4.78, 5) is 10.6. The number of methoxy groups -OCH3 is 1. The van der Waals surface area contributed by atoms with Crippen molar-refractivity contribution in [1.29, 1.82) is 0 Å². The zero-order chi connectivity index (χ0) is 16.6. The van der Waals surface area contributed by atoms with Crippen molar-refractivity contribution in [2.24, 2.45) is 0 Å². The fraction of sp³-hybridized carbons (Fsp3) is 0.688. The highest BCUT2D eigenvalue weighted by Crippen LogP contribution is 2.33. The standard InChI is InChI=1S/C16H26N6O/c1-6-22-15(12(4)19-20-22)9-21-8-13(23-5)7-14(21)16-17-10(2)11(3)18-16/h13-14H,6-9H2,1-5H3,(H,17,18)/t13-,14+/m1/s1. The van der Waals surface area contributed by atoms with Crippen molar-refractivity contribution in [2.75, 3.05) is 13.7 Å².